The van der Waals surface area contributed by atoms with Crippen molar-refractivity contribution in [2.45, 2.75) is 32.9 Å². The molecule has 2 atom stereocenters. The van der Waals surface area contributed by atoms with Crippen LogP contribution in [0.1, 0.15) is 31.9 Å². The molecule has 0 radical (unpaired) electrons. The van der Waals surface area contributed by atoms with E-state index in [-0.39, 0.29) is 24.2 Å². The molecule has 1 rings (SSSR count). The van der Waals surface area contributed by atoms with Crippen LogP contribution in [0.25, 0.3) is 0 Å². The van der Waals surface area contributed by atoms with E-state index in [1.54, 1.807) is 12.1 Å². The maximum Gasteiger partial charge on any atom is 0.387 e. The maximum atomic E-state index is 12.0. The molecule has 0 amide bonds. The smallest absolute Gasteiger partial charge is 0.387 e. The van der Waals surface area contributed by atoms with Crippen LogP contribution in [-0.4, -0.2) is 6.61 Å². The Labute approximate surface area is 107 Å². The molecule has 5 heteroatoms. The molecule has 0 bridgehead atoms. The van der Waals surface area contributed by atoms with Crippen molar-refractivity contribution >= 4 is 12.4 Å². The van der Waals surface area contributed by atoms with Gasteiger partial charge in [0.1, 0.15) is 5.75 Å². The molecule has 0 spiro atoms. The fraction of sp³-hybridized carbons (Fsp3) is 0.500. The number of hydrogen-bond acceptors (Lipinski definition) is 2. The minimum absolute atomic E-state index is 0. The largest absolute Gasteiger partial charge is 0.435 e. The highest BCUT2D eigenvalue weighted by molar-refractivity contribution is 5.85. The summed E-state index contributed by atoms with van der Waals surface area (Å²) >= 11 is 0. The molecule has 0 aliphatic rings. The van der Waals surface area contributed by atoms with Crippen LogP contribution >= 0.6 is 12.4 Å². The lowest BCUT2D eigenvalue weighted by molar-refractivity contribution is -0.0499. The minimum Gasteiger partial charge on any atom is -0.435 e. The van der Waals surface area contributed by atoms with E-state index in [1.807, 2.05) is 19.9 Å². The SMILES string of the molecule is CCC(C)[C@H](N)c1cccc(OC(F)F)c1.Cl. The molecule has 0 saturated heterocycles. The van der Waals surface area contributed by atoms with Crippen LogP contribution in [0.15, 0.2) is 24.3 Å². The van der Waals surface area contributed by atoms with Gasteiger partial charge < -0.3 is 10.5 Å². The highest BCUT2D eigenvalue weighted by atomic mass is 35.5. The number of alkyl halides is 2. The third-order valence-electron chi connectivity index (χ3n) is 2.73. The monoisotopic (exact) mass is 265 g/mol. The van der Waals surface area contributed by atoms with Gasteiger partial charge in [0.15, 0.2) is 0 Å². The van der Waals surface area contributed by atoms with E-state index >= 15 is 0 Å². The third-order valence-corrected chi connectivity index (χ3v) is 2.73. The van der Waals surface area contributed by atoms with Crippen molar-refractivity contribution in [3.05, 3.63) is 29.8 Å². The Morgan fingerprint density at radius 2 is 2.00 bits per heavy atom. The molecule has 17 heavy (non-hydrogen) atoms. The van der Waals surface area contributed by atoms with E-state index in [4.69, 9.17) is 5.73 Å². The molecule has 98 valence electrons. The molecule has 0 aliphatic carbocycles. The molecule has 0 heterocycles. The summed E-state index contributed by atoms with van der Waals surface area (Å²) in [7, 11) is 0. The van der Waals surface area contributed by atoms with Gasteiger partial charge in [-0.25, -0.2) is 0 Å². The summed E-state index contributed by atoms with van der Waals surface area (Å²) in [4.78, 5) is 0. The lowest BCUT2D eigenvalue weighted by Crippen LogP contribution is -2.18. The van der Waals surface area contributed by atoms with E-state index in [1.165, 1.54) is 6.07 Å². The van der Waals surface area contributed by atoms with Crippen LogP contribution in [0.3, 0.4) is 0 Å². The van der Waals surface area contributed by atoms with Crippen LogP contribution in [0.4, 0.5) is 8.78 Å². The normalized spacial score (nSPS) is 14.0. The predicted molar refractivity (Wildman–Crippen MR) is 66.7 cm³/mol. The maximum absolute atomic E-state index is 12.0. The van der Waals surface area contributed by atoms with E-state index in [0.717, 1.165) is 12.0 Å². The van der Waals surface area contributed by atoms with Crippen molar-refractivity contribution in [2.24, 2.45) is 11.7 Å². The Bertz CT molecular complexity index is 336. The van der Waals surface area contributed by atoms with Crippen LogP contribution in [0.2, 0.25) is 0 Å². The van der Waals surface area contributed by atoms with Crippen molar-refractivity contribution in [3.63, 3.8) is 0 Å². The molecule has 1 unspecified atom stereocenters. The van der Waals surface area contributed by atoms with Crippen molar-refractivity contribution in [1.82, 2.24) is 0 Å². The predicted octanol–water partition coefficient (Wildman–Crippen LogP) is 3.76. The Morgan fingerprint density at radius 1 is 1.35 bits per heavy atom. The average molecular weight is 266 g/mol. The zero-order valence-electron chi connectivity index (χ0n) is 9.90. The first-order valence-electron chi connectivity index (χ1n) is 5.35. The van der Waals surface area contributed by atoms with Crippen LogP contribution in [0.5, 0.6) is 5.75 Å². The molecule has 1 aromatic rings. The van der Waals surface area contributed by atoms with Gasteiger partial charge in [-0.1, -0.05) is 32.4 Å². The zero-order chi connectivity index (χ0) is 12.1. The van der Waals surface area contributed by atoms with Crippen molar-refractivity contribution in [3.8, 4) is 5.75 Å². The standard InChI is InChI=1S/C12H17F2NO.ClH/c1-3-8(2)11(15)9-5-4-6-10(7-9)16-12(13)14;/h4-8,11-12H,3,15H2,1-2H3;1H/t8?,11-;/m0./s1. The Balaban J connectivity index is 0.00000256. The third kappa shape index (κ3) is 4.88. The summed E-state index contributed by atoms with van der Waals surface area (Å²) in [6.45, 7) is 1.28. The summed E-state index contributed by atoms with van der Waals surface area (Å²) in [5, 5.41) is 0. The molecule has 0 fully saturated rings. The van der Waals surface area contributed by atoms with Gasteiger partial charge in [0.05, 0.1) is 0 Å². The number of ether oxygens (including phenoxy) is 1. The van der Waals surface area contributed by atoms with E-state index in [9.17, 15) is 8.78 Å². The molecular formula is C12H18ClF2NO. The van der Waals surface area contributed by atoms with Gasteiger partial charge in [-0.3, -0.25) is 0 Å². The Hall–Kier alpha value is -0.870. The molecular weight excluding hydrogens is 248 g/mol. The number of rotatable bonds is 5. The topological polar surface area (TPSA) is 35.2 Å². The van der Waals surface area contributed by atoms with Gasteiger partial charge in [-0.2, -0.15) is 8.78 Å². The van der Waals surface area contributed by atoms with E-state index < -0.39 is 6.61 Å². The number of nitrogens with two attached hydrogens (primary N) is 1. The molecule has 2 N–H and O–H groups in total. The molecule has 2 nitrogen and oxygen atoms in total. The fourth-order valence-electron chi connectivity index (χ4n) is 1.48. The van der Waals surface area contributed by atoms with Gasteiger partial charge in [-0.15, -0.1) is 12.4 Å². The Kier molecular flexibility index (Phi) is 7.07. The van der Waals surface area contributed by atoms with Gasteiger partial charge in [-0.05, 0) is 23.6 Å². The van der Waals surface area contributed by atoms with Crippen LogP contribution in [0, 0.1) is 5.92 Å². The van der Waals surface area contributed by atoms with Crippen LogP contribution < -0.4 is 10.5 Å². The summed E-state index contributed by atoms with van der Waals surface area (Å²) in [5.41, 5.74) is 6.83. The van der Waals surface area contributed by atoms with Crippen molar-refractivity contribution < 1.29 is 13.5 Å². The van der Waals surface area contributed by atoms with Gasteiger partial charge in [0.2, 0.25) is 0 Å². The lowest BCUT2D eigenvalue weighted by atomic mass is 9.93. The second-order valence-corrected chi connectivity index (χ2v) is 3.86. The first-order chi connectivity index (χ1) is 7.54. The highest BCUT2D eigenvalue weighted by Gasteiger charge is 2.14. The highest BCUT2D eigenvalue weighted by Crippen LogP contribution is 2.25. The van der Waals surface area contributed by atoms with Crippen molar-refractivity contribution in [2.75, 3.05) is 0 Å². The first kappa shape index (κ1) is 16.1. The van der Waals surface area contributed by atoms with Crippen LogP contribution in [-0.2, 0) is 0 Å². The second kappa shape index (κ2) is 7.45. The van der Waals surface area contributed by atoms with Gasteiger partial charge in [0, 0.05) is 6.04 Å². The molecule has 0 saturated carbocycles. The van der Waals surface area contributed by atoms with E-state index in [2.05, 4.69) is 4.74 Å². The lowest BCUT2D eigenvalue weighted by Gasteiger charge is -2.19. The Morgan fingerprint density at radius 3 is 2.53 bits per heavy atom. The minimum atomic E-state index is -2.80. The number of halogens is 3. The average Bonchev–Trinajstić information content (AvgIpc) is 2.26. The molecule has 0 aliphatic heterocycles. The summed E-state index contributed by atoms with van der Waals surface area (Å²) in [6.07, 6.45) is 0.946. The van der Waals surface area contributed by atoms with Gasteiger partial charge in [0.25, 0.3) is 0 Å². The number of hydrogen-bond donors (Lipinski definition) is 1. The van der Waals surface area contributed by atoms with E-state index in [0.29, 0.717) is 5.92 Å². The first-order valence-corrected chi connectivity index (χ1v) is 5.35. The molecule has 1 aromatic carbocycles. The van der Waals surface area contributed by atoms with Gasteiger partial charge >= 0.3 is 6.61 Å². The summed E-state index contributed by atoms with van der Waals surface area (Å²) in [6, 6.07) is 6.43. The van der Waals surface area contributed by atoms with Crippen molar-refractivity contribution in [1.29, 1.82) is 0 Å². The second-order valence-electron chi connectivity index (χ2n) is 3.86. The number of benzene rings is 1. The quantitative estimate of drug-likeness (QED) is 0.880. The summed E-state index contributed by atoms with van der Waals surface area (Å²) in [5.74, 6) is 0.466. The summed E-state index contributed by atoms with van der Waals surface area (Å²) < 4.78 is 28.4. The molecule has 0 aromatic heterocycles. The zero-order valence-corrected chi connectivity index (χ0v) is 10.7. The fourth-order valence-corrected chi connectivity index (χ4v) is 1.48.